The van der Waals surface area contributed by atoms with Gasteiger partial charge >= 0.3 is 6.55 Å². The van der Waals surface area contributed by atoms with Crippen molar-refractivity contribution in [2.45, 2.75) is 16.3 Å². The first kappa shape index (κ1) is 21.1. The molecule has 1 aromatic heterocycles. The van der Waals surface area contributed by atoms with Crippen LogP contribution in [0.25, 0.3) is 10.9 Å². The molecule has 0 aliphatic carbocycles. The van der Waals surface area contributed by atoms with Crippen LogP contribution in [0.3, 0.4) is 0 Å². The maximum atomic E-state index is 13.5. The van der Waals surface area contributed by atoms with Crippen LogP contribution in [0.15, 0.2) is 56.9 Å². The van der Waals surface area contributed by atoms with Crippen molar-refractivity contribution in [3.8, 4) is 5.75 Å². The Kier molecular flexibility index (Phi) is 5.73. The van der Waals surface area contributed by atoms with Crippen LogP contribution >= 0.6 is 15.9 Å². The summed E-state index contributed by atoms with van der Waals surface area (Å²) in [6.45, 7) is 0.103. The molecule has 1 fully saturated rings. The molecular formula is C20H20BrF2N3O3S. The fraction of sp³-hybridized carbons (Fsp3) is 0.300. The van der Waals surface area contributed by atoms with E-state index in [-0.39, 0.29) is 20.7 Å². The fourth-order valence-electron chi connectivity index (χ4n) is 3.69. The maximum absolute atomic E-state index is 13.5. The molecule has 0 saturated carbocycles. The summed E-state index contributed by atoms with van der Waals surface area (Å²) in [6.07, 6.45) is 1.01. The minimum absolute atomic E-state index is 0.0325. The zero-order valence-corrected chi connectivity index (χ0v) is 18.5. The van der Waals surface area contributed by atoms with Crippen molar-refractivity contribution < 1.29 is 21.9 Å². The van der Waals surface area contributed by atoms with Crippen LogP contribution in [-0.4, -0.2) is 46.3 Å². The third-order valence-corrected chi connectivity index (χ3v) is 7.45. The molecule has 30 heavy (non-hydrogen) atoms. The molecule has 1 N–H and O–H groups in total. The number of nitrogens with zero attached hydrogens (tertiary/aromatic N) is 2. The summed E-state index contributed by atoms with van der Waals surface area (Å²) >= 11 is 3.30. The van der Waals surface area contributed by atoms with Gasteiger partial charge in [0.25, 0.3) is 0 Å². The van der Waals surface area contributed by atoms with Crippen molar-refractivity contribution in [3.63, 3.8) is 0 Å². The number of ether oxygens (including phenoxy) is 1. The van der Waals surface area contributed by atoms with Gasteiger partial charge in [-0.3, -0.25) is 4.57 Å². The first-order chi connectivity index (χ1) is 14.3. The predicted octanol–water partition coefficient (Wildman–Crippen LogP) is 4.05. The van der Waals surface area contributed by atoms with Gasteiger partial charge in [-0.2, -0.15) is 8.78 Å². The van der Waals surface area contributed by atoms with Crippen LogP contribution in [-0.2, 0) is 9.84 Å². The zero-order chi connectivity index (χ0) is 21.5. The van der Waals surface area contributed by atoms with E-state index >= 15 is 0 Å². The van der Waals surface area contributed by atoms with Crippen molar-refractivity contribution in [3.05, 3.63) is 47.1 Å². The number of sulfone groups is 1. The van der Waals surface area contributed by atoms with Gasteiger partial charge in [0, 0.05) is 42.2 Å². The van der Waals surface area contributed by atoms with Gasteiger partial charge in [0.05, 0.1) is 28.1 Å². The van der Waals surface area contributed by atoms with Crippen LogP contribution in [0.1, 0.15) is 6.55 Å². The van der Waals surface area contributed by atoms with Crippen LogP contribution in [0.4, 0.5) is 14.5 Å². The zero-order valence-electron chi connectivity index (χ0n) is 16.1. The largest absolute Gasteiger partial charge is 0.495 e. The second kappa shape index (κ2) is 8.16. The SMILES string of the molecule is COc1ccc(S(=O)(=O)c2cn(C(F)F)c3ccc(Br)cc23)cc1N1CCNCC1. The van der Waals surface area contributed by atoms with Crippen molar-refractivity contribution >= 4 is 42.4 Å². The first-order valence-electron chi connectivity index (χ1n) is 9.30. The predicted molar refractivity (Wildman–Crippen MR) is 114 cm³/mol. The number of anilines is 1. The fourth-order valence-corrected chi connectivity index (χ4v) is 5.52. The topological polar surface area (TPSA) is 63.6 Å². The van der Waals surface area contributed by atoms with E-state index in [4.69, 9.17) is 4.74 Å². The minimum atomic E-state index is -4.05. The molecule has 0 bridgehead atoms. The summed E-state index contributed by atoms with van der Waals surface area (Å²) in [5.74, 6) is 0.564. The van der Waals surface area contributed by atoms with Gasteiger partial charge < -0.3 is 15.0 Å². The summed E-state index contributed by atoms with van der Waals surface area (Å²) in [5, 5.41) is 3.49. The third kappa shape index (κ3) is 3.67. The summed E-state index contributed by atoms with van der Waals surface area (Å²) in [7, 11) is -2.52. The van der Waals surface area contributed by atoms with Crippen LogP contribution < -0.4 is 15.0 Å². The Bertz CT molecular complexity index is 1190. The molecule has 0 atom stereocenters. The summed E-state index contributed by atoms with van der Waals surface area (Å²) in [4.78, 5) is 1.92. The van der Waals surface area contributed by atoms with Crippen molar-refractivity contribution in [2.75, 3.05) is 38.2 Å². The molecular weight excluding hydrogens is 480 g/mol. The number of fused-ring (bicyclic) bond motifs is 1. The molecule has 2 heterocycles. The smallest absolute Gasteiger partial charge is 0.319 e. The van der Waals surface area contributed by atoms with E-state index < -0.39 is 16.4 Å². The number of hydrogen-bond donors (Lipinski definition) is 1. The van der Waals surface area contributed by atoms with Crippen LogP contribution in [0.5, 0.6) is 5.75 Å². The van der Waals surface area contributed by atoms with Gasteiger partial charge in [0.2, 0.25) is 9.84 Å². The lowest BCUT2D eigenvalue weighted by molar-refractivity contribution is 0.0748. The number of benzene rings is 2. The molecule has 3 aromatic rings. The highest BCUT2D eigenvalue weighted by Crippen LogP contribution is 2.37. The molecule has 0 radical (unpaired) electrons. The molecule has 1 saturated heterocycles. The maximum Gasteiger partial charge on any atom is 0.319 e. The number of halogens is 3. The van der Waals surface area contributed by atoms with E-state index in [2.05, 4.69) is 21.2 Å². The molecule has 0 unspecified atom stereocenters. The lowest BCUT2D eigenvalue weighted by Gasteiger charge is -2.30. The number of nitrogens with one attached hydrogen (secondary N) is 1. The van der Waals surface area contributed by atoms with E-state index in [1.165, 1.54) is 19.2 Å². The number of rotatable bonds is 5. The minimum Gasteiger partial charge on any atom is -0.495 e. The van der Waals surface area contributed by atoms with Gasteiger partial charge in [0.1, 0.15) is 5.75 Å². The normalized spacial score (nSPS) is 15.2. The van der Waals surface area contributed by atoms with E-state index in [1.54, 1.807) is 24.3 Å². The van der Waals surface area contributed by atoms with Gasteiger partial charge in [-0.1, -0.05) is 15.9 Å². The molecule has 4 rings (SSSR count). The number of piperazine rings is 1. The molecule has 1 aliphatic rings. The third-order valence-electron chi connectivity index (χ3n) is 5.18. The monoisotopic (exact) mass is 499 g/mol. The van der Waals surface area contributed by atoms with E-state index in [0.29, 0.717) is 33.6 Å². The van der Waals surface area contributed by atoms with E-state index in [9.17, 15) is 17.2 Å². The Labute approximate surface area is 181 Å². The summed E-state index contributed by atoms with van der Waals surface area (Å²) < 4.78 is 60.7. The Morgan fingerprint density at radius 3 is 2.53 bits per heavy atom. The highest BCUT2D eigenvalue weighted by Gasteiger charge is 2.27. The van der Waals surface area contributed by atoms with Gasteiger partial charge in [-0.15, -0.1) is 0 Å². The second-order valence-electron chi connectivity index (χ2n) is 6.91. The molecule has 1 aliphatic heterocycles. The second-order valence-corrected chi connectivity index (χ2v) is 9.75. The lowest BCUT2D eigenvalue weighted by atomic mass is 10.2. The molecule has 0 amide bonds. The molecule has 0 spiro atoms. The Morgan fingerprint density at radius 2 is 1.87 bits per heavy atom. The molecule has 160 valence electrons. The standard InChI is InChI=1S/C20H20BrF2N3O3S/c1-29-18-5-3-14(11-17(18)25-8-6-24-7-9-25)30(27,28)19-12-26(20(22)23)16-4-2-13(21)10-15(16)19/h2-5,10-12,20,24H,6-9H2,1H3. The van der Waals surface area contributed by atoms with E-state index in [0.717, 1.165) is 19.3 Å². The lowest BCUT2D eigenvalue weighted by Crippen LogP contribution is -2.43. The van der Waals surface area contributed by atoms with Crippen LogP contribution in [0, 0.1) is 0 Å². The molecule has 6 nitrogen and oxygen atoms in total. The quantitative estimate of drug-likeness (QED) is 0.573. The van der Waals surface area contributed by atoms with Crippen LogP contribution in [0.2, 0.25) is 0 Å². The Balaban J connectivity index is 1.87. The Hall–Kier alpha value is -2.17. The summed E-state index contributed by atoms with van der Waals surface area (Å²) in [5.41, 5.74) is 0.821. The van der Waals surface area contributed by atoms with Gasteiger partial charge in [-0.05, 0) is 36.4 Å². The van der Waals surface area contributed by atoms with Gasteiger partial charge in [-0.25, -0.2) is 8.42 Å². The Morgan fingerprint density at radius 1 is 1.13 bits per heavy atom. The van der Waals surface area contributed by atoms with E-state index in [1.807, 2.05) is 4.90 Å². The van der Waals surface area contributed by atoms with Gasteiger partial charge in [0.15, 0.2) is 0 Å². The molecule has 10 heteroatoms. The molecule has 2 aromatic carbocycles. The van der Waals surface area contributed by atoms with Crippen molar-refractivity contribution in [1.82, 2.24) is 9.88 Å². The number of hydrogen-bond acceptors (Lipinski definition) is 5. The number of aromatic nitrogens is 1. The average molecular weight is 500 g/mol. The average Bonchev–Trinajstić information content (AvgIpc) is 3.13. The number of alkyl halides is 2. The first-order valence-corrected chi connectivity index (χ1v) is 11.6. The number of methoxy groups -OCH3 is 1. The van der Waals surface area contributed by atoms with Crippen molar-refractivity contribution in [2.24, 2.45) is 0 Å². The summed E-state index contributed by atoms with van der Waals surface area (Å²) in [6, 6.07) is 9.24. The highest BCUT2D eigenvalue weighted by molar-refractivity contribution is 9.10. The van der Waals surface area contributed by atoms with Crippen molar-refractivity contribution in [1.29, 1.82) is 0 Å². The highest BCUT2D eigenvalue weighted by atomic mass is 79.9.